The summed E-state index contributed by atoms with van der Waals surface area (Å²) in [5.74, 6) is -0.294. The number of carboxylic acid groups (broad SMARTS) is 1. The number of piperidine rings is 1. The maximum absolute atomic E-state index is 12.7. The number of carboxylic acids is 1. The molecule has 8 nitrogen and oxygen atoms in total. The van der Waals surface area contributed by atoms with E-state index in [9.17, 15) is 14.7 Å². The van der Waals surface area contributed by atoms with Crippen LogP contribution in [0.1, 0.15) is 43.0 Å². The van der Waals surface area contributed by atoms with E-state index in [0.29, 0.717) is 31.0 Å². The minimum atomic E-state index is -0.726. The Balaban J connectivity index is 1.63. The molecule has 0 saturated carbocycles. The molecule has 1 spiro atoms. The van der Waals surface area contributed by atoms with Crippen LogP contribution in [0.2, 0.25) is 0 Å². The fourth-order valence-corrected chi connectivity index (χ4v) is 4.21. The lowest BCUT2D eigenvalue weighted by Gasteiger charge is -2.39. The summed E-state index contributed by atoms with van der Waals surface area (Å²) in [7, 11) is 1.73. The van der Waals surface area contributed by atoms with Gasteiger partial charge in [0, 0.05) is 39.1 Å². The Labute approximate surface area is 153 Å². The van der Waals surface area contributed by atoms with E-state index in [0.717, 1.165) is 32.4 Å². The highest BCUT2D eigenvalue weighted by atomic mass is 16.4. The summed E-state index contributed by atoms with van der Waals surface area (Å²) in [6, 6.07) is -0.389. The average molecular weight is 361 g/mol. The van der Waals surface area contributed by atoms with Crippen molar-refractivity contribution < 1.29 is 14.7 Å². The molecule has 2 aliphatic heterocycles. The molecule has 3 heterocycles. The second-order valence-electron chi connectivity index (χ2n) is 7.37. The van der Waals surface area contributed by atoms with E-state index in [1.54, 1.807) is 19.4 Å². The Morgan fingerprint density at radius 2 is 1.96 bits per heavy atom. The zero-order chi connectivity index (χ0) is 18.7. The van der Waals surface area contributed by atoms with Crippen molar-refractivity contribution in [3.05, 3.63) is 18.0 Å². The molecule has 0 aromatic carbocycles. The number of nitrogens with one attached hydrogen (secondary N) is 1. The standard InChI is InChI=1S/C18H27N5O3/c1-3-6-23-12-18(9-14(23)16(25)26)4-7-22(8-5-18)15(24)13-10-20-17(19-2)21-11-13/h10-11,14H,3-9,12H2,1-2H3,(H,25,26)(H,19,20,21). The van der Waals surface area contributed by atoms with Gasteiger partial charge in [-0.15, -0.1) is 0 Å². The van der Waals surface area contributed by atoms with Gasteiger partial charge in [-0.05, 0) is 37.6 Å². The lowest BCUT2D eigenvalue weighted by atomic mass is 9.76. The Morgan fingerprint density at radius 3 is 2.50 bits per heavy atom. The summed E-state index contributed by atoms with van der Waals surface area (Å²) >= 11 is 0. The highest BCUT2D eigenvalue weighted by molar-refractivity contribution is 5.93. The number of nitrogens with zero attached hydrogens (tertiary/aromatic N) is 4. The van der Waals surface area contributed by atoms with Crippen molar-refractivity contribution >= 4 is 17.8 Å². The van der Waals surface area contributed by atoms with E-state index in [1.807, 2.05) is 4.90 Å². The second-order valence-corrected chi connectivity index (χ2v) is 7.37. The molecule has 1 aromatic heterocycles. The van der Waals surface area contributed by atoms with Gasteiger partial charge in [-0.1, -0.05) is 6.92 Å². The van der Waals surface area contributed by atoms with E-state index >= 15 is 0 Å². The summed E-state index contributed by atoms with van der Waals surface area (Å²) in [6.07, 6.45) is 6.42. The number of likely N-dealkylation sites (tertiary alicyclic amines) is 2. The van der Waals surface area contributed by atoms with Crippen molar-refractivity contribution in [2.75, 3.05) is 38.5 Å². The number of rotatable bonds is 5. The first kappa shape index (κ1) is 18.6. The van der Waals surface area contributed by atoms with Crippen LogP contribution in [0.4, 0.5) is 5.95 Å². The first-order chi connectivity index (χ1) is 12.5. The summed E-state index contributed by atoms with van der Waals surface area (Å²) in [6.45, 7) is 5.01. The van der Waals surface area contributed by atoms with Crippen LogP contribution >= 0.6 is 0 Å². The molecule has 0 radical (unpaired) electrons. The summed E-state index contributed by atoms with van der Waals surface area (Å²) in [5, 5.41) is 12.4. The number of hydrogen-bond donors (Lipinski definition) is 2. The predicted molar refractivity (Wildman–Crippen MR) is 97.1 cm³/mol. The normalized spacial score (nSPS) is 22.5. The van der Waals surface area contributed by atoms with Crippen molar-refractivity contribution in [3.8, 4) is 0 Å². The molecule has 8 heteroatoms. The number of amides is 1. The molecule has 1 amide bonds. The van der Waals surface area contributed by atoms with Gasteiger partial charge in [0.1, 0.15) is 6.04 Å². The monoisotopic (exact) mass is 361 g/mol. The van der Waals surface area contributed by atoms with Crippen LogP contribution in [0.15, 0.2) is 12.4 Å². The Hall–Kier alpha value is -2.22. The summed E-state index contributed by atoms with van der Waals surface area (Å²) in [4.78, 5) is 36.4. The van der Waals surface area contributed by atoms with Crippen LogP contribution in [0.3, 0.4) is 0 Å². The number of hydrogen-bond acceptors (Lipinski definition) is 6. The quantitative estimate of drug-likeness (QED) is 0.816. The van der Waals surface area contributed by atoms with Gasteiger partial charge in [0.05, 0.1) is 5.56 Å². The van der Waals surface area contributed by atoms with Gasteiger partial charge in [0.25, 0.3) is 5.91 Å². The largest absolute Gasteiger partial charge is 0.480 e. The van der Waals surface area contributed by atoms with Crippen molar-refractivity contribution in [1.82, 2.24) is 19.8 Å². The number of anilines is 1. The molecule has 142 valence electrons. The van der Waals surface area contributed by atoms with Gasteiger partial charge < -0.3 is 15.3 Å². The highest BCUT2D eigenvalue weighted by Crippen LogP contribution is 2.43. The first-order valence-electron chi connectivity index (χ1n) is 9.24. The fraction of sp³-hybridized carbons (Fsp3) is 0.667. The zero-order valence-electron chi connectivity index (χ0n) is 15.4. The van der Waals surface area contributed by atoms with E-state index in [4.69, 9.17) is 0 Å². The van der Waals surface area contributed by atoms with Crippen LogP contribution in [-0.4, -0.2) is 76.0 Å². The lowest BCUT2D eigenvalue weighted by molar-refractivity contribution is -0.142. The van der Waals surface area contributed by atoms with Gasteiger partial charge in [0.2, 0.25) is 5.95 Å². The molecule has 2 saturated heterocycles. The van der Waals surface area contributed by atoms with E-state index < -0.39 is 5.97 Å². The number of carbonyl (C=O) groups is 2. The lowest BCUT2D eigenvalue weighted by Crippen LogP contribution is -2.44. The summed E-state index contributed by atoms with van der Waals surface area (Å²) < 4.78 is 0. The van der Waals surface area contributed by atoms with Crippen LogP contribution in [0, 0.1) is 5.41 Å². The van der Waals surface area contributed by atoms with Gasteiger partial charge in [-0.3, -0.25) is 14.5 Å². The Bertz CT molecular complexity index is 655. The molecule has 1 atom stereocenters. The van der Waals surface area contributed by atoms with Crippen LogP contribution < -0.4 is 5.32 Å². The maximum atomic E-state index is 12.7. The van der Waals surface area contributed by atoms with Crippen molar-refractivity contribution in [2.45, 2.75) is 38.6 Å². The van der Waals surface area contributed by atoms with E-state index in [2.05, 4.69) is 27.1 Å². The van der Waals surface area contributed by atoms with Crippen molar-refractivity contribution in [3.63, 3.8) is 0 Å². The molecule has 2 aliphatic rings. The van der Waals surface area contributed by atoms with Gasteiger partial charge in [0.15, 0.2) is 0 Å². The Morgan fingerprint density at radius 1 is 1.31 bits per heavy atom. The third-order valence-electron chi connectivity index (χ3n) is 5.64. The second kappa shape index (κ2) is 7.57. The third kappa shape index (κ3) is 3.65. The first-order valence-corrected chi connectivity index (χ1v) is 9.24. The smallest absolute Gasteiger partial charge is 0.320 e. The SMILES string of the molecule is CCCN1CC2(CCN(C(=O)c3cnc(NC)nc3)CC2)CC1C(=O)O. The van der Waals surface area contributed by atoms with Gasteiger partial charge in [-0.2, -0.15) is 0 Å². The minimum absolute atomic E-state index is 0.0154. The van der Waals surface area contributed by atoms with E-state index in [1.165, 1.54) is 0 Å². The fourth-order valence-electron chi connectivity index (χ4n) is 4.21. The molecule has 0 bridgehead atoms. The number of aromatic nitrogens is 2. The van der Waals surface area contributed by atoms with Crippen LogP contribution in [-0.2, 0) is 4.79 Å². The zero-order valence-corrected chi connectivity index (χ0v) is 15.4. The minimum Gasteiger partial charge on any atom is -0.480 e. The third-order valence-corrected chi connectivity index (χ3v) is 5.64. The molecular formula is C18H27N5O3. The maximum Gasteiger partial charge on any atom is 0.320 e. The molecular weight excluding hydrogens is 334 g/mol. The van der Waals surface area contributed by atoms with Gasteiger partial charge in [-0.25, -0.2) is 9.97 Å². The van der Waals surface area contributed by atoms with Crippen LogP contribution in [0.25, 0.3) is 0 Å². The highest BCUT2D eigenvalue weighted by Gasteiger charge is 2.48. The Kier molecular flexibility index (Phi) is 5.41. The molecule has 2 N–H and O–H groups in total. The van der Waals surface area contributed by atoms with Crippen molar-refractivity contribution in [2.24, 2.45) is 5.41 Å². The molecule has 1 unspecified atom stereocenters. The molecule has 26 heavy (non-hydrogen) atoms. The van der Waals surface area contributed by atoms with Gasteiger partial charge >= 0.3 is 5.97 Å². The predicted octanol–water partition coefficient (Wildman–Crippen LogP) is 1.31. The topological polar surface area (TPSA) is 98.7 Å². The summed E-state index contributed by atoms with van der Waals surface area (Å²) in [5.41, 5.74) is 0.504. The van der Waals surface area contributed by atoms with Crippen molar-refractivity contribution in [1.29, 1.82) is 0 Å². The average Bonchev–Trinajstić information content (AvgIpc) is 3.00. The molecule has 0 aliphatic carbocycles. The molecule has 3 rings (SSSR count). The molecule has 2 fully saturated rings. The van der Waals surface area contributed by atoms with Crippen LogP contribution in [0.5, 0.6) is 0 Å². The number of aliphatic carboxylic acids is 1. The van der Waals surface area contributed by atoms with E-state index in [-0.39, 0.29) is 17.4 Å². The molecule has 1 aromatic rings. The number of carbonyl (C=O) groups excluding carboxylic acids is 1.